The minimum Gasteiger partial charge on any atom is -0.0690 e. The first-order valence-corrected chi connectivity index (χ1v) is 8.59. The molecule has 0 spiro atoms. The van der Waals surface area contributed by atoms with Gasteiger partial charge < -0.3 is 0 Å². The van der Waals surface area contributed by atoms with Gasteiger partial charge in [-0.25, -0.2) is 0 Å². The fourth-order valence-electron chi connectivity index (χ4n) is 3.51. The van der Waals surface area contributed by atoms with Gasteiger partial charge in [-0.15, -0.1) is 0 Å². The van der Waals surface area contributed by atoms with E-state index in [0.717, 1.165) is 25.7 Å². The molecule has 0 heteroatoms. The first-order valence-electron chi connectivity index (χ1n) is 8.59. The quantitative estimate of drug-likeness (QED) is 0.601. The number of hydrogen-bond donors (Lipinski definition) is 0. The van der Waals surface area contributed by atoms with Gasteiger partial charge in [0.1, 0.15) is 0 Å². The second kappa shape index (κ2) is 7.13. The number of rotatable bonds is 4. The second-order valence-corrected chi connectivity index (χ2v) is 6.77. The lowest BCUT2D eigenvalue weighted by molar-refractivity contribution is 1.03. The molecule has 0 amide bonds. The predicted molar refractivity (Wildman–Crippen MR) is 98.4 cm³/mol. The summed E-state index contributed by atoms with van der Waals surface area (Å²) in [5.74, 6) is 0. The van der Waals surface area contributed by atoms with Crippen LogP contribution in [-0.4, -0.2) is 0 Å². The topological polar surface area (TPSA) is 0 Å². The monoisotopic (exact) mass is 294 g/mol. The smallest absolute Gasteiger partial charge is 0.00255 e. The molecule has 0 unspecified atom stereocenters. The van der Waals surface area contributed by atoms with E-state index in [1.165, 1.54) is 44.5 Å². The maximum absolute atomic E-state index is 2.42. The third-order valence-corrected chi connectivity index (χ3v) is 4.89. The molecular formula is C22H30. The molecule has 0 atom stereocenters. The van der Waals surface area contributed by atoms with E-state index in [1.807, 2.05) is 0 Å². The van der Waals surface area contributed by atoms with Gasteiger partial charge in [-0.05, 0) is 86.8 Å². The lowest BCUT2D eigenvalue weighted by Crippen LogP contribution is -1.97. The Hall–Kier alpha value is -1.56. The summed E-state index contributed by atoms with van der Waals surface area (Å²) in [5.41, 5.74) is 11.8. The normalized spacial score (nSPS) is 15.5. The molecule has 22 heavy (non-hydrogen) atoms. The van der Waals surface area contributed by atoms with E-state index in [0.29, 0.717) is 0 Å². The lowest BCUT2D eigenvalue weighted by atomic mass is 9.94. The third-order valence-electron chi connectivity index (χ3n) is 4.89. The fraction of sp³-hybridized carbons (Fsp3) is 0.455. The van der Waals surface area contributed by atoms with Crippen LogP contribution in [0.3, 0.4) is 0 Å². The maximum Gasteiger partial charge on any atom is -0.00255 e. The van der Waals surface area contributed by atoms with Crippen molar-refractivity contribution < 1.29 is 0 Å². The van der Waals surface area contributed by atoms with Crippen LogP contribution in [0.2, 0.25) is 0 Å². The van der Waals surface area contributed by atoms with Gasteiger partial charge in [0, 0.05) is 0 Å². The molecule has 1 aliphatic carbocycles. The zero-order chi connectivity index (χ0) is 16.3. The van der Waals surface area contributed by atoms with E-state index in [4.69, 9.17) is 0 Å². The predicted octanol–water partition coefficient (Wildman–Crippen LogP) is 6.41. The van der Waals surface area contributed by atoms with Crippen molar-refractivity contribution in [3.05, 3.63) is 68.8 Å². The molecule has 1 aromatic carbocycles. The van der Waals surface area contributed by atoms with Crippen molar-refractivity contribution >= 4 is 0 Å². The highest BCUT2D eigenvalue weighted by Gasteiger charge is 2.09. The molecular weight excluding hydrogens is 264 g/mol. The molecule has 0 radical (unpaired) electrons. The maximum atomic E-state index is 2.42. The van der Waals surface area contributed by atoms with E-state index in [-0.39, 0.29) is 0 Å². The number of aryl methyl sites for hydroxylation is 2. The summed E-state index contributed by atoms with van der Waals surface area (Å²) in [6, 6.07) is 4.77. The molecule has 0 fully saturated rings. The standard InChI is InChI=1S/C22H30/c1-7-21-13-19(10-15(3)9-17(21)5)12-20-11-16(4)18(6)22(8-2)14-20/h10-11,13-14H,7-9,12H2,1-6H3. The summed E-state index contributed by atoms with van der Waals surface area (Å²) in [5, 5.41) is 0. The first-order chi connectivity index (χ1) is 10.4. The van der Waals surface area contributed by atoms with Crippen LogP contribution in [0, 0.1) is 13.8 Å². The molecule has 2 rings (SSSR count). The molecule has 0 saturated heterocycles. The number of hydrogen-bond acceptors (Lipinski definition) is 0. The van der Waals surface area contributed by atoms with Gasteiger partial charge in [-0.3, -0.25) is 0 Å². The van der Waals surface area contributed by atoms with Crippen molar-refractivity contribution in [2.75, 3.05) is 0 Å². The van der Waals surface area contributed by atoms with Crippen LogP contribution in [0.5, 0.6) is 0 Å². The Morgan fingerprint density at radius 3 is 2.27 bits per heavy atom. The highest BCUT2D eigenvalue weighted by molar-refractivity contribution is 5.44. The Labute approximate surface area is 136 Å². The first kappa shape index (κ1) is 16.8. The van der Waals surface area contributed by atoms with Crippen molar-refractivity contribution in [2.45, 2.75) is 67.2 Å². The van der Waals surface area contributed by atoms with Crippen molar-refractivity contribution in [1.29, 1.82) is 0 Å². The van der Waals surface area contributed by atoms with Crippen LogP contribution in [0.1, 0.15) is 62.8 Å². The molecule has 1 aliphatic rings. The summed E-state index contributed by atoms with van der Waals surface area (Å²) in [6.45, 7) is 13.5. The Morgan fingerprint density at radius 2 is 1.64 bits per heavy atom. The minimum atomic E-state index is 1.04. The van der Waals surface area contributed by atoms with Gasteiger partial charge in [-0.2, -0.15) is 0 Å². The van der Waals surface area contributed by atoms with Gasteiger partial charge in [-0.1, -0.05) is 49.3 Å². The van der Waals surface area contributed by atoms with E-state index in [2.05, 4.69) is 65.8 Å². The number of benzene rings is 1. The van der Waals surface area contributed by atoms with E-state index in [1.54, 1.807) is 0 Å². The Kier molecular flexibility index (Phi) is 5.45. The third kappa shape index (κ3) is 3.80. The molecule has 0 aromatic heterocycles. The summed E-state index contributed by atoms with van der Waals surface area (Å²) in [4.78, 5) is 0. The zero-order valence-corrected chi connectivity index (χ0v) is 15.1. The Morgan fingerprint density at radius 1 is 0.909 bits per heavy atom. The highest BCUT2D eigenvalue weighted by atomic mass is 14.1. The van der Waals surface area contributed by atoms with Crippen molar-refractivity contribution in [2.24, 2.45) is 0 Å². The van der Waals surface area contributed by atoms with Crippen LogP contribution in [0.25, 0.3) is 0 Å². The molecule has 118 valence electrons. The van der Waals surface area contributed by atoms with Crippen LogP contribution in [-0.2, 0) is 12.8 Å². The van der Waals surface area contributed by atoms with E-state index >= 15 is 0 Å². The summed E-state index contributed by atoms with van der Waals surface area (Å²) in [7, 11) is 0. The van der Waals surface area contributed by atoms with Crippen LogP contribution in [0.15, 0.2) is 46.6 Å². The van der Waals surface area contributed by atoms with Crippen LogP contribution >= 0.6 is 0 Å². The summed E-state index contributed by atoms with van der Waals surface area (Å²) >= 11 is 0. The highest BCUT2D eigenvalue weighted by Crippen LogP contribution is 2.27. The second-order valence-electron chi connectivity index (χ2n) is 6.77. The largest absolute Gasteiger partial charge is 0.0690 e. The van der Waals surface area contributed by atoms with E-state index in [9.17, 15) is 0 Å². The average Bonchev–Trinajstić information content (AvgIpc) is 2.60. The zero-order valence-electron chi connectivity index (χ0n) is 15.1. The van der Waals surface area contributed by atoms with Crippen LogP contribution < -0.4 is 0 Å². The Balaban J connectivity index is 2.37. The molecule has 0 heterocycles. The van der Waals surface area contributed by atoms with Gasteiger partial charge in [0.25, 0.3) is 0 Å². The van der Waals surface area contributed by atoms with Gasteiger partial charge in [0.2, 0.25) is 0 Å². The van der Waals surface area contributed by atoms with Gasteiger partial charge >= 0.3 is 0 Å². The SMILES string of the molecule is CCC1=C(C)CC(C)=CC(Cc2cc(C)c(C)c(CC)c2)=C1. The summed E-state index contributed by atoms with van der Waals surface area (Å²) in [6.07, 6.45) is 9.23. The van der Waals surface area contributed by atoms with Gasteiger partial charge in [0.05, 0.1) is 0 Å². The molecule has 0 bridgehead atoms. The van der Waals surface area contributed by atoms with Gasteiger partial charge in [0.15, 0.2) is 0 Å². The van der Waals surface area contributed by atoms with Crippen LogP contribution in [0.4, 0.5) is 0 Å². The van der Waals surface area contributed by atoms with Crippen molar-refractivity contribution in [1.82, 2.24) is 0 Å². The molecule has 0 nitrogen and oxygen atoms in total. The molecule has 0 aliphatic heterocycles. The minimum absolute atomic E-state index is 1.04. The fourth-order valence-corrected chi connectivity index (χ4v) is 3.51. The molecule has 0 saturated carbocycles. The van der Waals surface area contributed by atoms with Crippen molar-refractivity contribution in [3.63, 3.8) is 0 Å². The summed E-state index contributed by atoms with van der Waals surface area (Å²) < 4.78 is 0. The van der Waals surface area contributed by atoms with E-state index < -0.39 is 0 Å². The average molecular weight is 294 g/mol. The lowest BCUT2D eigenvalue weighted by Gasteiger charge is -2.12. The molecule has 1 aromatic rings. The Bertz CT molecular complexity index is 651. The number of allylic oxidation sites excluding steroid dienone is 6. The molecule has 0 N–H and O–H groups in total. The van der Waals surface area contributed by atoms with Crippen molar-refractivity contribution in [3.8, 4) is 0 Å².